The maximum absolute atomic E-state index is 4.53. The summed E-state index contributed by atoms with van der Waals surface area (Å²) in [5.74, 6) is 0. The molecule has 2 nitrogen and oxygen atoms in total. The van der Waals surface area contributed by atoms with Crippen LogP contribution in [-0.2, 0) is 28.0 Å². The van der Waals surface area contributed by atoms with E-state index in [4.69, 9.17) is 0 Å². The van der Waals surface area contributed by atoms with Gasteiger partial charge in [0.25, 0.3) is 0 Å². The molecule has 0 saturated heterocycles. The van der Waals surface area contributed by atoms with Gasteiger partial charge in [-0.2, -0.15) is 0 Å². The molecule has 9 heavy (non-hydrogen) atoms. The first kappa shape index (κ1) is 16.7. The van der Waals surface area contributed by atoms with E-state index in [0.717, 1.165) is 41.9 Å². The second-order valence-corrected chi connectivity index (χ2v) is 8.41. The van der Waals surface area contributed by atoms with Crippen molar-refractivity contribution in [3.8, 4) is 0 Å². The Labute approximate surface area is 80.9 Å². The number of rotatable bonds is 0. The molecule has 0 heterocycles. The van der Waals surface area contributed by atoms with Crippen molar-refractivity contribution in [1.82, 2.24) is 0 Å². The van der Waals surface area contributed by atoms with Crippen LogP contribution >= 0.6 is 0 Å². The smallest absolute Gasteiger partial charge is 0.129 e. The molecular formula is C2H15O2PtSi4. The third-order valence-corrected chi connectivity index (χ3v) is 0. The molecule has 0 aliphatic rings. The molecule has 0 saturated carbocycles. The minimum Gasteiger partial charge on any atom is -0.471 e. The van der Waals surface area contributed by atoms with E-state index in [-0.39, 0.29) is 0 Å². The zero-order valence-corrected chi connectivity index (χ0v) is 16.7. The van der Waals surface area contributed by atoms with Crippen LogP contribution in [0.15, 0.2) is 11.0 Å². The molecule has 0 aliphatic heterocycles. The van der Waals surface area contributed by atoms with Gasteiger partial charge in [0, 0.05) is 0 Å². The first-order valence-corrected chi connectivity index (χ1v) is 6.80. The fraction of sp³-hybridized carbons (Fsp3) is 0. The molecule has 0 aromatic heterocycles. The topological polar surface area (TPSA) is 18.5 Å². The molecule has 0 fully saturated rings. The maximum atomic E-state index is 4.53. The maximum Gasteiger partial charge on any atom is 0.129 e. The molecule has 0 aromatic carbocycles. The van der Waals surface area contributed by atoms with Crippen molar-refractivity contribution in [3.05, 3.63) is 11.0 Å². The summed E-state index contributed by atoms with van der Waals surface area (Å²) in [6, 6.07) is 0. The van der Waals surface area contributed by atoms with Gasteiger partial charge in [0.15, 0.2) is 0 Å². The van der Waals surface area contributed by atoms with Gasteiger partial charge in [-0.1, -0.05) is 0 Å². The van der Waals surface area contributed by atoms with E-state index in [2.05, 4.69) is 14.8 Å². The summed E-state index contributed by atoms with van der Waals surface area (Å²) in [7, 11) is 3.72. The number of hydrogen-bond donors (Lipinski definition) is 0. The van der Waals surface area contributed by atoms with Crippen LogP contribution in [0.4, 0.5) is 0 Å². The zero-order valence-electron chi connectivity index (χ0n) is 6.42. The van der Waals surface area contributed by atoms with Crippen molar-refractivity contribution >= 4 is 41.9 Å². The predicted octanol–water partition coefficient (Wildman–Crippen LogP) is -4.20. The summed E-state index contributed by atoms with van der Waals surface area (Å²) in [5, 5.41) is 0. The van der Waals surface area contributed by atoms with Crippen LogP contribution in [0.25, 0.3) is 0 Å². The first-order chi connectivity index (χ1) is 4.24. The Kier molecular flexibility index (Phi) is 64.8. The number of hydrogen-bond acceptors (Lipinski definition) is 2. The summed E-state index contributed by atoms with van der Waals surface area (Å²) in [4.78, 5) is 0. The first-order valence-electron chi connectivity index (χ1n) is 2.22. The standard InChI is InChI=1S/C2H3.2H6OSi2.Pt/c1-2;2*2-1-3;/h1H,2H2;2*2-3H3;. The quantitative estimate of drug-likeness (QED) is 0.398. The van der Waals surface area contributed by atoms with Gasteiger partial charge in [0.05, 0.1) is 0 Å². The van der Waals surface area contributed by atoms with Gasteiger partial charge in [-0.25, -0.2) is 0 Å². The van der Waals surface area contributed by atoms with Crippen LogP contribution in [0.5, 0.6) is 0 Å². The molecule has 0 rings (SSSR count). The van der Waals surface area contributed by atoms with Crippen LogP contribution in [0, 0.1) is 0 Å². The van der Waals surface area contributed by atoms with Crippen molar-refractivity contribution in [3.63, 3.8) is 0 Å². The normalized spacial score (nSPS) is 6.89. The van der Waals surface area contributed by atoms with Gasteiger partial charge in [0.1, 0.15) is 41.9 Å². The van der Waals surface area contributed by atoms with Gasteiger partial charge in [-0.05, 0) is 0 Å². The summed E-state index contributed by atoms with van der Waals surface area (Å²) in [6.45, 7) is 3.35. The zero-order chi connectivity index (χ0) is 8.12. The van der Waals surface area contributed by atoms with Crippen molar-refractivity contribution < 1.29 is 28.0 Å². The fourth-order valence-electron chi connectivity index (χ4n) is 0. The van der Waals surface area contributed by atoms with Gasteiger partial charge < -0.3 is 8.23 Å². The Hall–Kier alpha value is 1.22. The summed E-state index contributed by atoms with van der Waals surface area (Å²) >= 11 is 2.04. The average Bonchev–Trinajstić information content (AvgIpc) is 1.70. The molecule has 0 amide bonds. The summed E-state index contributed by atoms with van der Waals surface area (Å²) in [5.41, 5.74) is 0. The van der Waals surface area contributed by atoms with E-state index in [9.17, 15) is 0 Å². The molecule has 0 radical (unpaired) electrons. The van der Waals surface area contributed by atoms with Crippen LogP contribution in [0.3, 0.4) is 0 Å². The predicted molar refractivity (Wildman–Crippen MR) is 52.1 cm³/mol. The van der Waals surface area contributed by atoms with E-state index in [1.54, 1.807) is 4.47 Å². The van der Waals surface area contributed by atoms with Crippen LogP contribution in [0.1, 0.15) is 0 Å². The Morgan fingerprint density at radius 2 is 1.11 bits per heavy atom. The third-order valence-electron chi connectivity index (χ3n) is 0. The van der Waals surface area contributed by atoms with E-state index in [1.165, 1.54) is 0 Å². The average molecular weight is 379 g/mol. The Morgan fingerprint density at radius 1 is 1.11 bits per heavy atom. The summed E-state index contributed by atoms with van der Waals surface area (Å²) in [6.07, 6.45) is 0. The summed E-state index contributed by atoms with van der Waals surface area (Å²) < 4.78 is 10.8. The Morgan fingerprint density at radius 3 is 1.11 bits per heavy atom. The van der Waals surface area contributed by atoms with Gasteiger partial charge >= 0.3 is 30.9 Å². The van der Waals surface area contributed by atoms with Gasteiger partial charge in [0.2, 0.25) is 0 Å². The second-order valence-electron chi connectivity index (χ2n) is 0.946. The van der Waals surface area contributed by atoms with Gasteiger partial charge in [-0.15, -0.1) is 0 Å². The fourth-order valence-corrected chi connectivity index (χ4v) is 0. The molecule has 0 aliphatic carbocycles. The van der Waals surface area contributed by atoms with Crippen molar-refractivity contribution in [1.29, 1.82) is 0 Å². The van der Waals surface area contributed by atoms with Crippen molar-refractivity contribution in [2.45, 2.75) is 0 Å². The van der Waals surface area contributed by atoms with Crippen LogP contribution in [0.2, 0.25) is 0 Å². The van der Waals surface area contributed by atoms with E-state index in [1.807, 2.05) is 19.8 Å². The van der Waals surface area contributed by atoms with E-state index >= 15 is 0 Å². The monoisotopic (exact) mass is 378 g/mol. The minimum atomic E-state index is 0.931. The minimum absolute atomic E-state index is 0.931. The molecule has 0 aromatic rings. The molecule has 0 N–H and O–H groups in total. The van der Waals surface area contributed by atoms with E-state index < -0.39 is 0 Å². The van der Waals surface area contributed by atoms with E-state index in [0.29, 0.717) is 0 Å². The van der Waals surface area contributed by atoms with Crippen molar-refractivity contribution in [2.75, 3.05) is 0 Å². The van der Waals surface area contributed by atoms with Crippen LogP contribution in [-0.4, -0.2) is 41.9 Å². The molecule has 0 bridgehead atoms. The molecule has 0 atom stereocenters. The van der Waals surface area contributed by atoms with Crippen molar-refractivity contribution in [2.24, 2.45) is 0 Å². The SMILES string of the molecule is C=[CH][Pt].[SiH3]O[SiH3].[SiH3]O[SiH3]. The molecule has 61 valence electrons. The van der Waals surface area contributed by atoms with Crippen LogP contribution < -0.4 is 0 Å². The largest absolute Gasteiger partial charge is 0.471 e. The molecule has 0 spiro atoms. The third kappa shape index (κ3) is 325. The van der Waals surface area contributed by atoms with Gasteiger partial charge in [-0.3, -0.25) is 0 Å². The Balaban J connectivity index is -0.0000000600. The Bertz CT molecular complexity index is 35.7. The second kappa shape index (κ2) is 35.0. The molecule has 0 unspecified atom stereocenters. The molecule has 7 heteroatoms. The molecular weight excluding hydrogens is 363 g/mol.